The van der Waals surface area contributed by atoms with Crippen molar-refractivity contribution < 1.29 is 4.42 Å². The molecule has 0 saturated carbocycles. The first-order valence-electron chi connectivity index (χ1n) is 15.0. The molecule has 0 amide bonds. The molecule has 0 radical (unpaired) electrons. The van der Waals surface area contributed by atoms with Crippen molar-refractivity contribution in [1.29, 1.82) is 0 Å². The Balaban J connectivity index is 1.31. The fourth-order valence-electron chi connectivity index (χ4n) is 6.91. The first-order valence-corrected chi connectivity index (χ1v) is 15.0. The molecule has 0 saturated heterocycles. The summed E-state index contributed by atoms with van der Waals surface area (Å²) in [7, 11) is 0. The molecular formula is C42H27NO. The Morgan fingerprint density at radius 2 is 0.932 bits per heavy atom. The normalized spacial score (nSPS) is 11.6. The van der Waals surface area contributed by atoms with Gasteiger partial charge < -0.3 is 9.32 Å². The minimum absolute atomic E-state index is 0.926. The van der Waals surface area contributed by atoms with Gasteiger partial charge in [-0.3, -0.25) is 0 Å². The van der Waals surface area contributed by atoms with Gasteiger partial charge in [0.1, 0.15) is 11.2 Å². The summed E-state index contributed by atoms with van der Waals surface area (Å²) in [6.07, 6.45) is 0. The lowest BCUT2D eigenvalue weighted by Gasteiger charge is -2.28. The Morgan fingerprint density at radius 1 is 0.341 bits per heavy atom. The maximum Gasteiger partial charge on any atom is 0.136 e. The number of anilines is 3. The summed E-state index contributed by atoms with van der Waals surface area (Å²) in [5.74, 6) is 0. The number of nitrogens with zero attached hydrogens (tertiary/aromatic N) is 1. The van der Waals surface area contributed by atoms with Crippen LogP contribution in [0, 0.1) is 0 Å². The van der Waals surface area contributed by atoms with Crippen molar-refractivity contribution >= 4 is 60.5 Å². The molecular weight excluding hydrogens is 534 g/mol. The van der Waals surface area contributed by atoms with Gasteiger partial charge in [0.25, 0.3) is 0 Å². The van der Waals surface area contributed by atoms with E-state index >= 15 is 0 Å². The Labute approximate surface area is 255 Å². The van der Waals surface area contributed by atoms with Crippen molar-refractivity contribution in [3.8, 4) is 22.3 Å². The van der Waals surface area contributed by atoms with Gasteiger partial charge in [-0.05, 0) is 81.4 Å². The van der Waals surface area contributed by atoms with Crippen LogP contribution in [0.3, 0.4) is 0 Å². The molecule has 1 heterocycles. The molecule has 9 rings (SSSR count). The molecule has 206 valence electrons. The monoisotopic (exact) mass is 561 g/mol. The maximum absolute atomic E-state index is 6.43. The van der Waals surface area contributed by atoms with Crippen LogP contribution in [0.5, 0.6) is 0 Å². The Morgan fingerprint density at radius 3 is 1.75 bits per heavy atom. The van der Waals surface area contributed by atoms with Gasteiger partial charge in [-0.2, -0.15) is 0 Å². The summed E-state index contributed by atoms with van der Waals surface area (Å²) < 4.78 is 6.43. The van der Waals surface area contributed by atoms with E-state index in [0.29, 0.717) is 0 Å². The van der Waals surface area contributed by atoms with Crippen LogP contribution >= 0.6 is 0 Å². The second-order valence-corrected chi connectivity index (χ2v) is 11.3. The minimum atomic E-state index is 0.926. The van der Waals surface area contributed by atoms with Crippen molar-refractivity contribution in [2.24, 2.45) is 0 Å². The molecule has 0 aliphatic rings. The van der Waals surface area contributed by atoms with Gasteiger partial charge in [0, 0.05) is 33.1 Å². The number of furan rings is 1. The molecule has 8 aromatic carbocycles. The minimum Gasteiger partial charge on any atom is -0.456 e. The topological polar surface area (TPSA) is 16.4 Å². The summed E-state index contributed by atoms with van der Waals surface area (Å²) in [6.45, 7) is 0. The largest absolute Gasteiger partial charge is 0.456 e. The molecule has 44 heavy (non-hydrogen) atoms. The van der Waals surface area contributed by atoms with Crippen molar-refractivity contribution in [1.82, 2.24) is 0 Å². The average Bonchev–Trinajstić information content (AvgIpc) is 3.49. The highest BCUT2D eigenvalue weighted by Gasteiger charge is 2.23. The quantitative estimate of drug-likeness (QED) is 0.194. The van der Waals surface area contributed by atoms with E-state index in [4.69, 9.17) is 4.42 Å². The lowest BCUT2D eigenvalue weighted by molar-refractivity contribution is 0.669. The van der Waals surface area contributed by atoms with Gasteiger partial charge in [-0.25, -0.2) is 0 Å². The van der Waals surface area contributed by atoms with Crippen LogP contribution in [0.4, 0.5) is 17.1 Å². The second-order valence-electron chi connectivity index (χ2n) is 11.3. The van der Waals surface area contributed by atoms with E-state index in [9.17, 15) is 0 Å². The number of hydrogen-bond donors (Lipinski definition) is 0. The van der Waals surface area contributed by atoms with Gasteiger partial charge in [-0.15, -0.1) is 0 Å². The van der Waals surface area contributed by atoms with Crippen LogP contribution in [0.25, 0.3) is 65.7 Å². The molecule has 1 aromatic heterocycles. The smallest absolute Gasteiger partial charge is 0.136 e. The summed E-state index contributed by atoms with van der Waals surface area (Å²) >= 11 is 0. The van der Waals surface area contributed by atoms with Crippen LogP contribution < -0.4 is 4.90 Å². The molecule has 0 aliphatic carbocycles. The highest BCUT2D eigenvalue weighted by Crippen LogP contribution is 2.49. The summed E-state index contributed by atoms with van der Waals surface area (Å²) in [4.78, 5) is 2.37. The SMILES string of the molecule is c1ccc(-c2ccc(N(c3ccccc3)c3ccccc3-c3ccc4oc5cccc6c7ccccc7c3c4c56)cc2)cc1. The molecule has 0 spiro atoms. The van der Waals surface area contributed by atoms with E-state index in [1.54, 1.807) is 0 Å². The Kier molecular flexibility index (Phi) is 5.54. The van der Waals surface area contributed by atoms with Gasteiger partial charge in [-0.1, -0.05) is 115 Å². The molecule has 0 atom stereocenters. The predicted octanol–water partition coefficient (Wildman–Crippen LogP) is 12.1. The summed E-state index contributed by atoms with van der Waals surface area (Å²) in [5, 5.41) is 7.35. The van der Waals surface area contributed by atoms with Crippen molar-refractivity contribution in [2.75, 3.05) is 4.90 Å². The third-order valence-electron chi connectivity index (χ3n) is 8.83. The zero-order chi connectivity index (χ0) is 29.0. The van der Waals surface area contributed by atoms with Gasteiger partial charge in [0.15, 0.2) is 0 Å². The number of rotatable bonds is 5. The second kappa shape index (κ2) is 9.86. The highest BCUT2D eigenvalue weighted by atomic mass is 16.3. The lowest BCUT2D eigenvalue weighted by atomic mass is 9.89. The number of para-hydroxylation sites is 2. The number of fused-ring (bicyclic) bond motifs is 3. The van der Waals surface area contributed by atoms with Crippen molar-refractivity contribution in [2.45, 2.75) is 0 Å². The first-order chi connectivity index (χ1) is 21.8. The molecule has 0 unspecified atom stereocenters. The zero-order valence-electron chi connectivity index (χ0n) is 23.9. The van der Waals surface area contributed by atoms with Crippen LogP contribution in [0.15, 0.2) is 168 Å². The fourth-order valence-corrected chi connectivity index (χ4v) is 6.91. The highest BCUT2D eigenvalue weighted by molar-refractivity contribution is 6.35. The first kappa shape index (κ1) is 24.7. The third kappa shape index (κ3) is 3.75. The zero-order valence-corrected chi connectivity index (χ0v) is 23.9. The average molecular weight is 562 g/mol. The van der Waals surface area contributed by atoms with E-state index in [1.165, 1.54) is 54.6 Å². The summed E-state index contributed by atoms with van der Waals surface area (Å²) in [5.41, 5.74) is 9.97. The van der Waals surface area contributed by atoms with Gasteiger partial charge in [0.05, 0.1) is 5.69 Å². The van der Waals surface area contributed by atoms with E-state index in [0.717, 1.165) is 28.2 Å². The lowest BCUT2D eigenvalue weighted by Crippen LogP contribution is -2.11. The third-order valence-corrected chi connectivity index (χ3v) is 8.83. The molecule has 0 aliphatic heterocycles. The Hall–Kier alpha value is -5.86. The molecule has 0 N–H and O–H groups in total. The van der Waals surface area contributed by atoms with Gasteiger partial charge >= 0.3 is 0 Å². The van der Waals surface area contributed by atoms with E-state index < -0.39 is 0 Å². The predicted molar refractivity (Wildman–Crippen MR) is 185 cm³/mol. The number of benzene rings is 8. The van der Waals surface area contributed by atoms with Crippen LogP contribution in [-0.2, 0) is 0 Å². The fraction of sp³-hybridized carbons (Fsp3) is 0. The molecule has 2 heteroatoms. The maximum atomic E-state index is 6.43. The molecule has 9 aromatic rings. The molecule has 0 bridgehead atoms. The van der Waals surface area contributed by atoms with Crippen molar-refractivity contribution in [3.05, 3.63) is 164 Å². The van der Waals surface area contributed by atoms with Crippen LogP contribution in [0.2, 0.25) is 0 Å². The number of hydrogen-bond acceptors (Lipinski definition) is 2. The molecule has 2 nitrogen and oxygen atoms in total. The van der Waals surface area contributed by atoms with E-state index in [1.807, 2.05) is 0 Å². The summed E-state index contributed by atoms with van der Waals surface area (Å²) in [6, 6.07) is 58.4. The Bertz CT molecular complexity index is 2420. The van der Waals surface area contributed by atoms with Crippen LogP contribution in [0.1, 0.15) is 0 Å². The van der Waals surface area contributed by atoms with Gasteiger partial charge in [0.2, 0.25) is 0 Å². The molecule has 0 fully saturated rings. The van der Waals surface area contributed by atoms with Crippen molar-refractivity contribution in [3.63, 3.8) is 0 Å². The van der Waals surface area contributed by atoms with E-state index in [2.05, 4.69) is 169 Å². The van der Waals surface area contributed by atoms with Crippen LogP contribution in [-0.4, -0.2) is 0 Å². The van der Waals surface area contributed by atoms with E-state index in [-0.39, 0.29) is 0 Å². The standard InChI is InChI=1S/C42H27NO/c1-3-12-28(13-4-1)29-22-24-31(25-23-29)43(30-14-5-2-6-15-30)37-20-10-9-17-33(37)36-26-27-39-42-40(36)34-18-8-7-16-32(34)35-19-11-21-38(44-39)41(35)42/h1-27H.